The van der Waals surface area contributed by atoms with Gasteiger partial charge in [0, 0.05) is 17.4 Å². The Kier molecular flexibility index (Phi) is 4.51. The molecule has 0 saturated carbocycles. The van der Waals surface area contributed by atoms with E-state index < -0.39 is 10.0 Å². The number of hydrogen-bond acceptors (Lipinski definition) is 4. The van der Waals surface area contributed by atoms with Crippen LogP contribution in [0.4, 0.5) is 5.69 Å². The first-order valence-electron chi connectivity index (χ1n) is 7.82. The molecule has 0 radical (unpaired) electrons. The van der Waals surface area contributed by atoms with Gasteiger partial charge < -0.3 is 0 Å². The lowest BCUT2D eigenvalue weighted by Gasteiger charge is -2.10. The van der Waals surface area contributed by atoms with E-state index in [1.807, 2.05) is 34.9 Å². The zero-order valence-electron chi connectivity index (χ0n) is 13.7. The topological polar surface area (TPSA) is 76.4 Å². The summed E-state index contributed by atoms with van der Waals surface area (Å²) in [4.78, 5) is 0.0234. The van der Waals surface area contributed by atoms with Gasteiger partial charge in [-0.1, -0.05) is 41.4 Å². The van der Waals surface area contributed by atoms with Gasteiger partial charge in [0.1, 0.15) is 0 Å². The number of nitrogens with zero attached hydrogens (tertiary/aromatic N) is 3. The number of sulfonamides is 1. The highest BCUT2D eigenvalue weighted by Gasteiger charge is 2.16. The largest absolute Gasteiger partial charge is 0.282 e. The second-order valence-corrected chi connectivity index (χ2v) is 8.21. The summed E-state index contributed by atoms with van der Waals surface area (Å²) in [5.41, 5.74) is 1.82. The van der Waals surface area contributed by atoms with Gasteiger partial charge in [0.05, 0.1) is 14.9 Å². The van der Waals surface area contributed by atoms with E-state index in [-0.39, 0.29) is 14.9 Å². The van der Waals surface area contributed by atoms with Crippen LogP contribution in [0.25, 0.3) is 17.0 Å². The van der Waals surface area contributed by atoms with Crippen LogP contribution in [0.2, 0.25) is 10.0 Å². The molecule has 0 spiro atoms. The van der Waals surface area contributed by atoms with Crippen molar-refractivity contribution in [2.75, 3.05) is 4.72 Å². The summed E-state index contributed by atoms with van der Waals surface area (Å²) >= 11 is 11.8. The molecule has 0 aliphatic heterocycles. The number of aromatic nitrogens is 3. The maximum atomic E-state index is 12.6. The summed E-state index contributed by atoms with van der Waals surface area (Å²) in [7, 11) is -3.82. The molecule has 0 bridgehead atoms. The molecule has 0 atom stereocenters. The summed E-state index contributed by atoms with van der Waals surface area (Å²) < 4.78 is 29.6. The van der Waals surface area contributed by atoms with Gasteiger partial charge in [0.2, 0.25) is 0 Å². The Balaban J connectivity index is 1.69. The Bertz CT molecular complexity index is 1260. The molecule has 0 amide bonds. The standard InChI is InChI=1S/C18H12Cl2N4O2S/c19-15-8-7-14(11-16(15)20)27(25,26)23-13-5-3-4-12(10-13)18-22-21-17-6-1-2-9-24(17)18/h1-11,23H. The highest BCUT2D eigenvalue weighted by molar-refractivity contribution is 7.92. The van der Waals surface area contributed by atoms with Crippen LogP contribution in [-0.4, -0.2) is 23.0 Å². The molecule has 0 unspecified atom stereocenters. The predicted octanol–water partition coefficient (Wildman–Crippen LogP) is 4.50. The molecule has 0 fully saturated rings. The van der Waals surface area contributed by atoms with Gasteiger partial charge in [-0.15, -0.1) is 10.2 Å². The summed E-state index contributed by atoms with van der Waals surface area (Å²) in [5, 5.41) is 8.76. The van der Waals surface area contributed by atoms with E-state index in [1.54, 1.807) is 18.2 Å². The fraction of sp³-hybridized carbons (Fsp3) is 0. The third-order valence-corrected chi connectivity index (χ3v) is 6.01. The molecule has 6 nitrogen and oxygen atoms in total. The smallest absolute Gasteiger partial charge is 0.261 e. The summed E-state index contributed by atoms with van der Waals surface area (Å²) in [5.74, 6) is 0.612. The summed E-state index contributed by atoms with van der Waals surface area (Å²) in [6.45, 7) is 0. The Morgan fingerprint density at radius 2 is 1.74 bits per heavy atom. The van der Waals surface area contributed by atoms with E-state index in [4.69, 9.17) is 23.2 Å². The lowest BCUT2D eigenvalue weighted by Crippen LogP contribution is -2.13. The van der Waals surface area contributed by atoms with Gasteiger partial charge in [0.25, 0.3) is 10.0 Å². The van der Waals surface area contributed by atoms with Crippen molar-refractivity contribution in [1.82, 2.24) is 14.6 Å². The van der Waals surface area contributed by atoms with Crippen LogP contribution in [0.5, 0.6) is 0 Å². The molecule has 4 aromatic rings. The Labute approximate surface area is 165 Å². The maximum absolute atomic E-state index is 12.6. The van der Waals surface area contributed by atoms with Gasteiger partial charge in [-0.25, -0.2) is 8.42 Å². The molecule has 0 saturated heterocycles. The third kappa shape index (κ3) is 3.49. The van der Waals surface area contributed by atoms with Crippen LogP contribution in [0, 0.1) is 0 Å². The highest BCUT2D eigenvalue weighted by atomic mass is 35.5. The average molecular weight is 419 g/mol. The van der Waals surface area contributed by atoms with Crippen LogP contribution in [-0.2, 0) is 10.0 Å². The first-order chi connectivity index (χ1) is 12.9. The van der Waals surface area contributed by atoms with Gasteiger partial charge in [-0.3, -0.25) is 9.12 Å². The van der Waals surface area contributed by atoms with E-state index in [9.17, 15) is 8.42 Å². The molecule has 1 N–H and O–H groups in total. The van der Waals surface area contributed by atoms with Crippen molar-refractivity contribution >= 4 is 44.6 Å². The van der Waals surface area contributed by atoms with E-state index in [0.717, 1.165) is 5.56 Å². The molecule has 9 heteroatoms. The Morgan fingerprint density at radius 1 is 0.889 bits per heavy atom. The minimum atomic E-state index is -3.82. The van der Waals surface area contributed by atoms with Crippen molar-refractivity contribution in [3.8, 4) is 11.4 Å². The summed E-state index contributed by atoms with van der Waals surface area (Å²) in [6, 6.07) is 16.7. The second kappa shape index (κ2) is 6.84. The van der Waals surface area contributed by atoms with E-state index >= 15 is 0 Å². The lowest BCUT2D eigenvalue weighted by atomic mass is 10.2. The molecule has 136 valence electrons. The normalized spacial score (nSPS) is 11.6. The van der Waals surface area contributed by atoms with E-state index in [2.05, 4.69) is 14.9 Å². The number of halogens is 2. The molecular formula is C18H12Cl2N4O2S. The molecule has 2 aromatic carbocycles. The second-order valence-electron chi connectivity index (χ2n) is 5.71. The lowest BCUT2D eigenvalue weighted by molar-refractivity contribution is 0.601. The van der Waals surface area contributed by atoms with Crippen molar-refractivity contribution < 1.29 is 8.42 Å². The monoisotopic (exact) mass is 418 g/mol. The average Bonchev–Trinajstić information content (AvgIpc) is 3.08. The predicted molar refractivity (Wildman–Crippen MR) is 106 cm³/mol. The third-order valence-electron chi connectivity index (χ3n) is 3.89. The number of nitrogens with one attached hydrogen (secondary N) is 1. The number of benzene rings is 2. The minimum absolute atomic E-state index is 0.0234. The molecule has 2 heterocycles. The van der Waals surface area contributed by atoms with Crippen molar-refractivity contribution in [2.24, 2.45) is 0 Å². The molecular weight excluding hydrogens is 407 g/mol. The van der Waals surface area contributed by atoms with E-state index in [1.165, 1.54) is 18.2 Å². The fourth-order valence-electron chi connectivity index (χ4n) is 2.62. The van der Waals surface area contributed by atoms with Crippen LogP contribution in [0.15, 0.2) is 71.8 Å². The van der Waals surface area contributed by atoms with E-state index in [0.29, 0.717) is 17.2 Å². The Hall–Kier alpha value is -2.61. The first-order valence-corrected chi connectivity index (χ1v) is 10.1. The van der Waals surface area contributed by atoms with Crippen LogP contribution < -0.4 is 4.72 Å². The van der Waals surface area contributed by atoms with Crippen LogP contribution in [0.3, 0.4) is 0 Å². The van der Waals surface area contributed by atoms with Gasteiger partial charge in [-0.2, -0.15) is 0 Å². The zero-order valence-corrected chi connectivity index (χ0v) is 16.0. The number of hydrogen-bond donors (Lipinski definition) is 1. The number of fused-ring (bicyclic) bond motifs is 1. The molecule has 0 aliphatic rings. The summed E-state index contributed by atoms with van der Waals surface area (Å²) in [6.07, 6.45) is 1.84. The maximum Gasteiger partial charge on any atom is 0.261 e. The number of rotatable bonds is 4. The van der Waals surface area contributed by atoms with Crippen molar-refractivity contribution in [2.45, 2.75) is 4.90 Å². The first kappa shape index (κ1) is 17.8. The zero-order chi connectivity index (χ0) is 19.0. The van der Waals surface area contributed by atoms with Crippen molar-refractivity contribution in [1.29, 1.82) is 0 Å². The van der Waals surface area contributed by atoms with Crippen molar-refractivity contribution in [3.63, 3.8) is 0 Å². The molecule has 2 aromatic heterocycles. The highest BCUT2D eigenvalue weighted by Crippen LogP contribution is 2.27. The SMILES string of the molecule is O=S(=O)(Nc1cccc(-c2nnc3ccccn23)c1)c1ccc(Cl)c(Cl)c1. The van der Waals surface area contributed by atoms with Crippen LogP contribution >= 0.6 is 23.2 Å². The molecule has 0 aliphatic carbocycles. The van der Waals surface area contributed by atoms with Crippen molar-refractivity contribution in [3.05, 3.63) is 76.9 Å². The van der Waals surface area contributed by atoms with Gasteiger partial charge >= 0.3 is 0 Å². The quantitative estimate of drug-likeness (QED) is 0.528. The molecule has 27 heavy (non-hydrogen) atoms. The number of pyridine rings is 1. The minimum Gasteiger partial charge on any atom is -0.282 e. The van der Waals surface area contributed by atoms with Crippen LogP contribution in [0.1, 0.15) is 0 Å². The van der Waals surface area contributed by atoms with Gasteiger partial charge in [0.15, 0.2) is 11.5 Å². The Morgan fingerprint density at radius 3 is 2.56 bits per heavy atom. The molecule has 4 rings (SSSR count). The fourth-order valence-corrected chi connectivity index (χ4v) is 4.06. The number of anilines is 1. The van der Waals surface area contributed by atoms with Gasteiger partial charge in [-0.05, 0) is 42.5 Å².